The van der Waals surface area contributed by atoms with Gasteiger partial charge in [0.1, 0.15) is 5.67 Å². The molecule has 25 heavy (non-hydrogen) atoms. The Balaban J connectivity index is 2.15. The first-order chi connectivity index (χ1) is 11.8. The van der Waals surface area contributed by atoms with E-state index in [1.807, 2.05) is 31.2 Å². The number of halogens is 1. The standard InChI is InChI=1S/C20H26FNO3/c1-5-11-22-15-9-7-6-8-14(15)20(18(22)24)13(2)17(19(3,4)21)16(25-20)10-12-23/h5-9,13,16-17,23H,1,10-12H2,2-4H3/t13-,16+,17-,20+/m0/s1. The number of ether oxygens (including phenoxy) is 1. The smallest absolute Gasteiger partial charge is 0.264 e. The number of carbonyl (C=O) groups excluding carboxylic acids is 1. The lowest BCUT2D eigenvalue weighted by molar-refractivity contribution is -0.146. The van der Waals surface area contributed by atoms with Gasteiger partial charge in [-0.05, 0) is 26.3 Å². The Morgan fingerprint density at radius 3 is 2.72 bits per heavy atom. The summed E-state index contributed by atoms with van der Waals surface area (Å²) in [6.07, 6.45) is 1.47. The number of para-hydroxylation sites is 1. The number of amides is 1. The Hall–Kier alpha value is -1.72. The van der Waals surface area contributed by atoms with Gasteiger partial charge in [0.15, 0.2) is 5.60 Å². The summed E-state index contributed by atoms with van der Waals surface area (Å²) in [6.45, 7) is 8.94. The highest BCUT2D eigenvalue weighted by molar-refractivity contribution is 6.07. The number of aliphatic hydroxyl groups is 1. The lowest BCUT2D eigenvalue weighted by Crippen LogP contribution is -2.45. The van der Waals surface area contributed by atoms with Gasteiger partial charge in [0.2, 0.25) is 0 Å². The number of anilines is 1. The molecule has 1 fully saturated rings. The van der Waals surface area contributed by atoms with Crippen LogP contribution in [0.3, 0.4) is 0 Å². The molecular formula is C20H26FNO3. The van der Waals surface area contributed by atoms with Crippen molar-refractivity contribution in [3.8, 4) is 0 Å². The molecular weight excluding hydrogens is 321 g/mol. The molecule has 0 unspecified atom stereocenters. The SMILES string of the molecule is C=CCN1C(=O)[C@]2(O[C@H](CCO)[C@@H](C(C)(C)F)[C@@H]2C)c2ccccc21. The van der Waals surface area contributed by atoms with Gasteiger partial charge in [-0.2, -0.15) is 0 Å². The second kappa shape index (κ2) is 6.22. The summed E-state index contributed by atoms with van der Waals surface area (Å²) < 4.78 is 21.3. The fraction of sp³-hybridized carbons (Fsp3) is 0.550. The molecule has 1 aromatic rings. The molecule has 2 aliphatic rings. The highest BCUT2D eigenvalue weighted by Gasteiger charge is 2.65. The average Bonchev–Trinajstić information content (AvgIpc) is 2.97. The highest BCUT2D eigenvalue weighted by Crippen LogP contribution is 2.58. The lowest BCUT2D eigenvalue weighted by Gasteiger charge is -2.32. The molecule has 1 amide bonds. The van der Waals surface area contributed by atoms with Gasteiger partial charge >= 0.3 is 0 Å². The van der Waals surface area contributed by atoms with Crippen LogP contribution in [-0.2, 0) is 15.1 Å². The van der Waals surface area contributed by atoms with Crippen molar-refractivity contribution < 1.29 is 19.0 Å². The number of nitrogens with zero attached hydrogens (tertiary/aromatic N) is 1. The Morgan fingerprint density at radius 2 is 2.12 bits per heavy atom. The van der Waals surface area contributed by atoms with Crippen LogP contribution in [0.4, 0.5) is 10.1 Å². The molecule has 1 aromatic carbocycles. The molecule has 0 saturated carbocycles. The van der Waals surface area contributed by atoms with Gasteiger partial charge in [0.25, 0.3) is 5.91 Å². The van der Waals surface area contributed by atoms with E-state index in [2.05, 4.69) is 6.58 Å². The molecule has 136 valence electrons. The number of benzene rings is 1. The molecule has 1 spiro atoms. The molecule has 0 aliphatic carbocycles. The van der Waals surface area contributed by atoms with Gasteiger partial charge in [-0.25, -0.2) is 4.39 Å². The van der Waals surface area contributed by atoms with Crippen molar-refractivity contribution in [1.82, 2.24) is 0 Å². The first kappa shape index (κ1) is 18.1. The number of hydrogen-bond donors (Lipinski definition) is 1. The van der Waals surface area contributed by atoms with Crippen molar-refractivity contribution >= 4 is 11.6 Å². The van der Waals surface area contributed by atoms with E-state index in [9.17, 15) is 14.3 Å². The van der Waals surface area contributed by atoms with Crippen LogP contribution in [0.5, 0.6) is 0 Å². The van der Waals surface area contributed by atoms with E-state index in [-0.39, 0.29) is 18.4 Å². The maximum Gasteiger partial charge on any atom is 0.264 e. The number of aliphatic hydroxyl groups excluding tert-OH is 1. The predicted molar refractivity (Wildman–Crippen MR) is 95.1 cm³/mol. The average molecular weight is 347 g/mol. The van der Waals surface area contributed by atoms with Crippen LogP contribution in [-0.4, -0.2) is 35.9 Å². The molecule has 4 atom stereocenters. The minimum Gasteiger partial charge on any atom is -0.396 e. The Kier molecular flexibility index (Phi) is 4.50. The summed E-state index contributed by atoms with van der Waals surface area (Å²) in [5, 5.41) is 9.41. The van der Waals surface area contributed by atoms with E-state index in [0.717, 1.165) is 11.3 Å². The van der Waals surface area contributed by atoms with Crippen LogP contribution in [0.2, 0.25) is 0 Å². The second-order valence-corrected chi connectivity index (χ2v) is 7.50. The van der Waals surface area contributed by atoms with Crippen LogP contribution in [0, 0.1) is 11.8 Å². The zero-order valence-corrected chi connectivity index (χ0v) is 15.0. The van der Waals surface area contributed by atoms with Crippen LogP contribution >= 0.6 is 0 Å². The summed E-state index contributed by atoms with van der Waals surface area (Å²) in [6, 6.07) is 7.52. The second-order valence-electron chi connectivity index (χ2n) is 7.50. The van der Waals surface area contributed by atoms with Gasteiger partial charge in [0.05, 0.1) is 11.8 Å². The third kappa shape index (κ3) is 2.52. The number of carbonyl (C=O) groups is 1. The molecule has 1 saturated heterocycles. The zero-order valence-electron chi connectivity index (χ0n) is 15.0. The normalized spacial score (nSPS) is 31.6. The van der Waals surface area contributed by atoms with Crippen molar-refractivity contribution in [3.05, 3.63) is 42.5 Å². The van der Waals surface area contributed by atoms with Gasteiger partial charge in [-0.15, -0.1) is 6.58 Å². The van der Waals surface area contributed by atoms with Crippen molar-refractivity contribution in [1.29, 1.82) is 0 Å². The molecule has 5 heteroatoms. The predicted octanol–water partition coefficient (Wildman–Crippen LogP) is 3.20. The fourth-order valence-electron chi connectivity index (χ4n) is 4.71. The summed E-state index contributed by atoms with van der Waals surface area (Å²) in [5.74, 6) is -1.01. The van der Waals surface area contributed by atoms with Gasteiger partial charge in [-0.1, -0.05) is 31.2 Å². The van der Waals surface area contributed by atoms with E-state index in [4.69, 9.17) is 4.74 Å². The van der Waals surface area contributed by atoms with Crippen LogP contribution in [0.15, 0.2) is 36.9 Å². The molecule has 2 heterocycles. The summed E-state index contributed by atoms with van der Waals surface area (Å²) in [4.78, 5) is 15.0. The third-order valence-electron chi connectivity index (χ3n) is 5.59. The number of fused-ring (bicyclic) bond motifs is 2. The van der Waals surface area contributed by atoms with E-state index in [0.29, 0.717) is 13.0 Å². The van der Waals surface area contributed by atoms with E-state index >= 15 is 0 Å². The minimum atomic E-state index is -1.52. The Morgan fingerprint density at radius 1 is 1.44 bits per heavy atom. The van der Waals surface area contributed by atoms with E-state index < -0.39 is 23.3 Å². The number of alkyl halides is 1. The van der Waals surface area contributed by atoms with Crippen molar-refractivity contribution in [2.75, 3.05) is 18.1 Å². The lowest BCUT2D eigenvalue weighted by atomic mass is 9.71. The first-order valence-corrected chi connectivity index (χ1v) is 8.79. The maximum atomic E-state index is 15.0. The number of rotatable bonds is 5. The maximum absolute atomic E-state index is 15.0. The number of hydrogen-bond acceptors (Lipinski definition) is 3. The molecule has 0 radical (unpaired) electrons. The van der Waals surface area contributed by atoms with Crippen molar-refractivity contribution in [2.45, 2.75) is 44.6 Å². The summed E-state index contributed by atoms with van der Waals surface area (Å²) >= 11 is 0. The largest absolute Gasteiger partial charge is 0.396 e. The highest BCUT2D eigenvalue weighted by atomic mass is 19.1. The molecule has 4 nitrogen and oxygen atoms in total. The molecule has 1 N–H and O–H groups in total. The van der Waals surface area contributed by atoms with Crippen LogP contribution in [0.1, 0.15) is 32.8 Å². The molecule has 0 aromatic heterocycles. The van der Waals surface area contributed by atoms with Gasteiger partial charge in [-0.3, -0.25) is 4.79 Å². The molecule has 0 bridgehead atoms. The van der Waals surface area contributed by atoms with Crippen LogP contribution < -0.4 is 4.90 Å². The third-order valence-corrected chi connectivity index (χ3v) is 5.59. The summed E-state index contributed by atoms with van der Waals surface area (Å²) in [7, 11) is 0. The Labute approximate surface area is 148 Å². The monoisotopic (exact) mass is 347 g/mol. The minimum absolute atomic E-state index is 0.105. The zero-order chi connectivity index (χ0) is 18.4. The Bertz CT molecular complexity index is 684. The quantitative estimate of drug-likeness (QED) is 0.832. The van der Waals surface area contributed by atoms with Gasteiger partial charge in [0, 0.05) is 30.6 Å². The topological polar surface area (TPSA) is 49.8 Å². The van der Waals surface area contributed by atoms with Gasteiger partial charge < -0.3 is 14.7 Å². The molecule has 2 aliphatic heterocycles. The summed E-state index contributed by atoms with van der Waals surface area (Å²) in [5.41, 5.74) is -1.15. The first-order valence-electron chi connectivity index (χ1n) is 8.79. The molecule has 3 rings (SSSR count). The van der Waals surface area contributed by atoms with Crippen molar-refractivity contribution in [2.24, 2.45) is 11.8 Å². The van der Waals surface area contributed by atoms with E-state index in [1.54, 1.807) is 11.0 Å². The van der Waals surface area contributed by atoms with E-state index in [1.165, 1.54) is 13.8 Å². The van der Waals surface area contributed by atoms with Crippen molar-refractivity contribution in [3.63, 3.8) is 0 Å². The fourth-order valence-corrected chi connectivity index (χ4v) is 4.71. The van der Waals surface area contributed by atoms with Crippen LogP contribution in [0.25, 0.3) is 0 Å².